The molecule has 0 saturated heterocycles. The molecule has 0 bridgehead atoms. The van der Waals surface area contributed by atoms with Crippen LogP contribution in [0.5, 0.6) is 11.5 Å². The molecule has 35 heavy (non-hydrogen) atoms. The molecule has 188 valence electrons. The van der Waals surface area contributed by atoms with Crippen molar-refractivity contribution in [2.45, 2.75) is 50.0 Å². The number of carbonyl (C=O) groups excluding carboxylic acids is 1. The number of hydrogen-bond donors (Lipinski definition) is 5. The third kappa shape index (κ3) is 4.97. The third-order valence-corrected chi connectivity index (χ3v) is 5.77. The zero-order valence-electron chi connectivity index (χ0n) is 18.9. The van der Waals surface area contributed by atoms with Crippen molar-refractivity contribution in [3.8, 4) is 11.5 Å². The molecule has 2 unspecified atom stereocenters. The number of carboxylic acids is 2. The smallest absolute Gasteiger partial charge is 0.334 e. The minimum atomic E-state index is -1.78. The lowest BCUT2D eigenvalue weighted by Crippen LogP contribution is -2.57. The minimum absolute atomic E-state index is 0.0400. The maximum atomic E-state index is 13.3. The van der Waals surface area contributed by atoms with E-state index in [9.17, 15) is 28.3 Å². The van der Waals surface area contributed by atoms with Crippen LogP contribution in [0.15, 0.2) is 36.4 Å². The van der Waals surface area contributed by atoms with Gasteiger partial charge < -0.3 is 36.5 Å². The van der Waals surface area contributed by atoms with Crippen molar-refractivity contribution in [1.29, 1.82) is 0 Å². The van der Waals surface area contributed by atoms with Crippen LogP contribution in [0.4, 0.5) is 13.6 Å². The molecule has 0 spiro atoms. The monoisotopic (exact) mass is 493 g/mol. The summed E-state index contributed by atoms with van der Waals surface area (Å²) >= 11 is 0. The molecule has 0 saturated carbocycles. The van der Waals surface area contributed by atoms with Crippen LogP contribution in [-0.2, 0) is 20.7 Å². The Hall–Kier alpha value is -3.93. The molecule has 4 rings (SSSR count). The van der Waals surface area contributed by atoms with Crippen LogP contribution in [0.1, 0.15) is 37.8 Å². The number of aliphatic carboxylic acids is 2. The lowest BCUT2D eigenvalue weighted by Gasteiger charge is -2.38. The molecule has 2 aliphatic heterocycles. The maximum absolute atomic E-state index is 13.3. The van der Waals surface area contributed by atoms with E-state index in [-0.39, 0.29) is 35.8 Å². The SMILES string of the molecule is C[C@@H]1CC(N)(C(=O)O)c2cc(F)ccc2O1.C[C@@H]1CC(NC(N)=O)(C(=O)O)c2cc(F)ccc2O1. The summed E-state index contributed by atoms with van der Waals surface area (Å²) < 4.78 is 37.3. The van der Waals surface area contributed by atoms with Crippen molar-refractivity contribution in [2.24, 2.45) is 11.5 Å². The molecule has 12 heteroatoms. The molecule has 0 fully saturated rings. The Bertz CT molecular complexity index is 1180. The average Bonchev–Trinajstić information content (AvgIpc) is 2.74. The molecule has 2 amide bonds. The second-order valence-corrected chi connectivity index (χ2v) is 8.52. The van der Waals surface area contributed by atoms with Gasteiger partial charge in [0.1, 0.15) is 28.7 Å². The van der Waals surface area contributed by atoms with Crippen molar-refractivity contribution in [1.82, 2.24) is 5.32 Å². The summed E-state index contributed by atoms with van der Waals surface area (Å²) in [6.07, 6.45) is -0.680. The van der Waals surface area contributed by atoms with E-state index in [1.165, 1.54) is 18.2 Å². The minimum Gasteiger partial charge on any atom is -0.490 e. The maximum Gasteiger partial charge on any atom is 0.334 e. The number of carboxylic acid groups (broad SMARTS) is 2. The molecule has 2 heterocycles. The van der Waals surface area contributed by atoms with Crippen LogP contribution in [0.3, 0.4) is 0 Å². The van der Waals surface area contributed by atoms with Gasteiger partial charge in [0.15, 0.2) is 5.54 Å². The van der Waals surface area contributed by atoms with Crippen LogP contribution < -0.4 is 26.3 Å². The Labute approximate surface area is 198 Å². The molecule has 10 nitrogen and oxygen atoms in total. The van der Waals surface area contributed by atoms with Gasteiger partial charge in [-0.05, 0) is 50.2 Å². The Balaban J connectivity index is 0.000000198. The number of hydrogen-bond acceptors (Lipinski definition) is 6. The average molecular weight is 493 g/mol. The van der Waals surface area contributed by atoms with Crippen LogP contribution in [0.25, 0.3) is 0 Å². The van der Waals surface area contributed by atoms with Gasteiger partial charge in [-0.15, -0.1) is 0 Å². The van der Waals surface area contributed by atoms with Crippen molar-refractivity contribution in [3.05, 3.63) is 59.2 Å². The van der Waals surface area contributed by atoms with E-state index in [2.05, 4.69) is 5.32 Å². The molecular weight excluding hydrogens is 468 g/mol. The predicted molar refractivity (Wildman–Crippen MR) is 118 cm³/mol. The van der Waals surface area contributed by atoms with E-state index in [1.54, 1.807) is 13.8 Å². The number of primary amides is 1. The highest BCUT2D eigenvalue weighted by Gasteiger charge is 2.48. The fourth-order valence-corrected chi connectivity index (χ4v) is 4.30. The third-order valence-electron chi connectivity index (χ3n) is 5.77. The van der Waals surface area contributed by atoms with Gasteiger partial charge >= 0.3 is 18.0 Å². The van der Waals surface area contributed by atoms with E-state index >= 15 is 0 Å². The number of carbonyl (C=O) groups is 3. The molecule has 2 aliphatic rings. The Morgan fingerprint density at radius 1 is 0.914 bits per heavy atom. The first-order valence-corrected chi connectivity index (χ1v) is 10.5. The normalized spacial score (nSPS) is 26.4. The summed E-state index contributed by atoms with van der Waals surface area (Å²) in [6, 6.07) is 6.28. The summed E-state index contributed by atoms with van der Waals surface area (Å²) in [5.74, 6) is -3.06. The number of amides is 2. The lowest BCUT2D eigenvalue weighted by atomic mass is 9.82. The number of urea groups is 1. The number of fused-ring (bicyclic) bond motifs is 2. The first-order chi connectivity index (χ1) is 16.3. The van der Waals surface area contributed by atoms with E-state index in [4.69, 9.17) is 26.0 Å². The van der Waals surface area contributed by atoms with E-state index in [1.807, 2.05) is 0 Å². The zero-order valence-corrected chi connectivity index (χ0v) is 18.9. The number of halogens is 2. The molecule has 7 N–H and O–H groups in total. The van der Waals surface area contributed by atoms with Gasteiger partial charge in [-0.25, -0.2) is 23.2 Å². The quantitative estimate of drug-likeness (QED) is 0.432. The van der Waals surface area contributed by atoms with Crippen molar-refractivity contribution < 1.29 is 42.9 Å². The summed E-state index contributed by atoms with van der Waals surface area (Å²) in [4.78, 5) is 33.9. The number of benzene rings is 2. The van der Waals surface area contributed by atoms with Gasteiger partial charge in [0.05, 0.1) is 12.2 Å². The number of rotatable bonds is 3. The fraction of sp³-hybridized carbons (Fsp3) is 0.348. The molecule has 2 aromatic carbocycles. The topological polar surface area (TPSA) is 174 Å². The second kappa shape index (κ2) is 9.37. The van der Waals surface area contributed by atoms with Crippen molar-refractivity contribution >= 4 is 18.0 Å². The molecule has 4 atom stereocenters. The van der Waals surface area contributed by atoms with Crippen molar-refractivity contribution in [2.75, 3.05) is 0 Å². The zero-order chi connectivity index (χ0) is 26.1. The van der Waals surface area contributed by atoms with Gasteiger partial charge in [0.25, 0.3) is 0 Å². The second-order valence-electron chi connectivity index (χ2n) is 8.52. The summed E-state index contributed by atoms with van der Waals surface area (Å²) in [5.41, 5.74) is 7.76. The van der Waals surface area contributed by atoms with Crippen LogP contribution in [0, 0.1) is 11.6 Å². The van der Waals surface area contributed by atoms with Gasteiger partial charge in [0.2, 0.25) is 0 Å². The van der Waals surface area contributed by atoms with Gasteiger partial charge in [-0.2, -0.15) is 0 Å². The Kier molecular flexibility index (Phi) is 6.88. The van der Waals surface area contributed by atoms with E-state index in [0.29, 0.717) is 5.75 Å². The Morgan fingerprint density at radius 2 is 1.40 bits per heavy atom. The van der Waals surface area contributed by atoms with Crippen molar-refractivity contribution in [3.63, 3.8) is 0 Å². The summed E-state index contributed by atoms with van der Waals surface area (Å²) in [6.45, 7) is 3.39. The molecule has 2 aromatic rings. The van der Waals surface area contributed by atoms with Crippen LogP contribution in [0.2, 0.25) is 0 Å². The predicted octanol–water partition coefficient (Wildman–Crippen LogP) is 2.18. The number of ether oxygens (including phenoxy) is 2. The highest BCUT2D eigenvalue weighted by atomic mass is 19.1. The largest absolute Gasteiger partial charge is 0.490 e. The molecule has 0 aliphatic carbocycles. The van der Waals surface area contributed by atoms with E-state index in [0.717, 1.165) is 18.2 Å². The van der Waals surface area contributed by atoms with Gasteiger partial charge in [0, 0.05) is 24.0 Å². The van der Waals surface area contributed by atoms with Gasteiger partial charge in [-0.1, -0.05) is 0 Å². The lowest BCUT2D eigenvalue weighted by molar-refractivity contribution is -0.147. The highest BCUT2D eigenvalue weighted by molar-refractivity contribution is 5.88. The number of nitrogens with two attached hydrogens (primary N) is 2. The van der Waals surface area contributed by atoms with Crippen LogP contribution >= 0.6 is 0 Å². The molecular formula is C23H25F2N3O7. The number of nitrogens with one attached hydrogen (secondary N) is 1. The Morgan fingerprint density at radius 3 is 1.89 bits per heavy atom. The van der Waals surface area contributed by atoms with E-state index < -0.39 is 46.8 Å². The standard InChI is InChI=1S/C12H13FN2O4.C11H12FNO3/c1-6-5-12(10(16)17,15-11(14)18)8-4-7(13)2-3-9(8)19-6;1-6-5-11(13,10(14)15)8-4-7(12)2-3-9(8)16-6/h2-4,6H,5H2,1H3,(H,16,17)(H3,14,15,18);2-4,6H,5,13H2,1H3,(H,14,15)/t6-,12?;6-,11?/m11/s1. The molecule has 0 radical (unpaired) electrons. The summed E-state index contributed by atoms with van der Waals surface area (Å²) in [5, 5.41) is 20.8. The van der Waals surface area contributed by atoms with Gasteiger partial charge in [-0.3, -0.25) is 0 Å². The fourth-order valence-electron chi connectivity index (χ4n) is 4.30. The first-order valence-electron chi connectivity index (χ1n) is 10.5. The first kappa shape index (κ1) is 25.7. The van der Waals surface area contributed by atoms with Crippen LogP contribution in [-0.4, -0.2) is 40.4 Å². The molecule has 0 aromatic heterocycles. The highest BCUT2D eigenvalue weighted by Crippen LogP contribution is 2.40. The summed E-state index contributed by atoms with van der Waals surface area (Å²) in [7, 11) is 0.